The molecule has 1 aliphatic heterocycles. The number of likely N-dealkylation sites (tertiary alicyclic amines) is 1. The van der Waals surface area contributed by atoms with Gasteiger partial charge in [0, 0.05) is 36.7 Å². The van der Waals surface area contributed by atoms with Crippen LogP contribution in [0, 0.1) is 5.82 Å². The number of aliphatic hydroxyl groups is 1. The van der Waals surface area contributed by atoms with Gasteiger partial charge in [0.15, 0.2) is 11.5 Å². The summed E-state index contributed by atoms with van der Waals surface area (Å²) in [5.74, 6) is 4.70. The minimum Gasteiger partial charge on any atom is -0.493 e. The van der Waals surface area contributed by atoms with Gasteiger partial charge in [-0.3, -0.25) is 9.80 Å². The van der Waals surface area contributed by atoms with Crippen LogP contribution < -0.4 is 15.3 Å². The largest absolute Gasteiger partial charge is 0.493 e. The predicted octanol–water partition coefficient (Wildman–Crippen LogP) is 6.50. The fraction of sp³-hybridized carbons (Fsp3) is 0.333. The van der Waals surface area contributed by atoms with Crippen molar-refractivity contribution in [1.29, 1.82) is 0 Å². The number of methoxy groups -OCH3 is 1. The molecule has 1 saturated carbocycles. The number of nitrogens with zero attached hydrogens (tertiary/aromatic N) is 3. The number of hydrazine groups is 1. The van der Waals surface area contributed by atoms with E-state index in [2.05, 4.69) is 9.88 Å². The van der Waals surface area contributed by atoms with E-state index in [4.69, 9.17) is 26.9 Å². The first kappa shape index (κ1) is 34.6. The molecule has 0 radical (unpaired) electrons. The van der Waals surface area contributed by atoms with E-state index in [1.165, 1.54) is 49.1 Å². The molecule has 1 aromatic heterocycles. The summed E-state index contributed by atoms with van der Waals surface area (Å²) in [5, 5.41) is 11.5. The first-order chi connectivity index (χ1) is 23.3. The molecule has 2 aliphatic rings. The summed E-state index contributed by atoms with van der Waals surface area (Å²) in [4.78, 5) is 19.7. The molecule has 49 heavy (non-hydrogen) atoms. The lowest BCUT2D eigenvalue weighted by Crippen LogP contribution is -2.55. The van der Waals surface area contributed by atoms with Crippen LogP contribution in [0.1, 0.15) is 45.9 Å². The molecule has 0 bridgehead atoms. The maximum absolute atomic E-state index is 14.9. The zero-order valence-electron chi connectivity index (χ0n) is 26.6. The molecule has 2 heterocycles. The topological polar surface area (TPSA) is 101 Å². The molecular formula is C36H35ClF4N4O4. The Balaban J connectivity index is 1.29. The predicted molar refractivity (Wildman–Crippen MR) is 176 cm³/mol. The highest BCUT2D eigenvalue weighted by molar-refractivity contribution is 6.31. The Kier molecular flexibility index (Phi) is 9.86. The first-order valence-corrected chi connectivity index (χ1v) is 16.2. The number of ether oxygens (including phenoxy) is 2. The number of pyridine rings is 1. The first-order valence-electron chi connectivity index (χ1n) is 15.8. The van der Waals surface area contributed by atoms with Crippen molar-refractivity contribution >= 4 is 17.5 Å². The average molecular weight is 699 g/mol. The minimum atomic E-state index is -5.31. The number of halogens is 5. The van der Waals surface area contributed by atoms with Gasteiger partial charge in [0.1, 0.15) is 5.82 Å². The van der Waals surface area contributed by atoms with Crippen molar-refractivity contribution in [3.8, 4) is 22.8 Å². The summed E-state index contributed by atoms with van der Waals surface area (Å²) >= 11 is 6.02. The third-order valence-corrected chi connectivity index (χ3v) is 9.12. The van der Waals surface area contributed by atoms with Gasteiger partial charge in [0.25, 0.3) is 5.91 Å². The minimum absolute atomic E-state index is 0.0413. The van der Waals surface area contributed by atoms with Crippen molar-refractivity contribution in [3.05, 3.63) is 112 Å². The van der Waals surface area contributed by atoms with E-state index < -0.39 is 35.7 Å². The van der Waals surface area contributed by atoms with Crippen LogP contribution in [-0.4, -0.2) is 71.5 Å². The normalized spacial score (nSPS) is 16.5. The highest BCUT2D eigenvalue weighted by atomic mass is 35.5. The smallest absolute Gasteiger partial charge is 0.424 e. The lowest BCUT2D eigenvalue weighted by atomic mass is 9.87. The van der Waals surface area contributed by atoms with E-state index in [1.54, 1.807) is 6.07 Å². The molecule has 2 fully saturated rings. The summed E-state index contributed by atoms with van der Waals surface area (Å²) in [5.41, 5.74) is -2.55. The van der Waals surface area contributed by atoms with Gasteiger partial charge in [-0.15, -0.1) is 0 Å². The molecule has 4 aromatic rings. The summed E-state index contributed by atoms with van der Waals surface area (Å²) in [6.07, 6.45) is -2.69. The average Bonchev–Trinajstić information content (AvgIpc) is 3.89. The number of carbonyl (C=O) groups is 1. The van der Waals surface area contributed by atoms with E-state index in [0.29, 0.717) is 29.4 Å². The van der Waals surface area contributed by atoms with Crippen molar-refractivity contribution in [1.82, 2.24) is 14.9 Å². The lowest BCUT2D eigenvalue weighted by Gasteiger charge is -2.40. The van der Waals surface area contributed by atoms with Crippen LogP contribution in [0.3, 0.4) is 0 Å². The molecule has 1 saturated heterocycles. The van der Waals surface area contributed by atoms with Gasteiger partial charge in [-0.1, -0.05) is 41.9 Å². The number of benzene rings is 3. The molecule has 1 amide bonds. The molecular weight excluding hydrogens is 664 g/mol. The van der Waals surface area contributed by atoms with Crippen LogP contribution in [-0.2, 0) is 12.0 Å². The van der Waals surface area contributed by atoms with Crippen LogP contribution in [0.15, 0.2) is 78.9 Å². The molecule has 3 aromatic carbocycles. The van der Waals surface area contributed by atoms with E-state index in [9.17, 15) is 27.5 Å². The number of alkyl halides is 3. The van der Waals surface area contributed by atoms with Crippen LogP contribution >= 0.6 is 11.6 Å². The number of hydrogen-bond donors (Lipinski definition) is 2. The Labute approximate surface area is 286 Å². The molecule has 6 rings (SSSR count). The molecule has 8 nitrogen and oxygen atoms in total. The quantitative estimate of drug-likeness (QED) is 0.0755. The van der Waals surface area contributed by atoms with Gasteiger partial charge in [-0.05, 0) is 78.9 Å². The maximum Gasteiger partial charge on any atom is 0.424 e. The van der Waals surface area contributed by atoms with E-state index in [0.717, 1.165) is 31.9 Å². The Hall–Kier alpha value is -4.23. The third kappa shape index (κ3) is 7.67. The highest BCUT2D eigenvalue weighted by Gasteiger charge is 2.58. The lowest BCUT2D eigenvalue weighted by molar-refractivity contribution is -0.271. The zero-order chi connectivity index (χ0) is 34.9. The van der Waals surface area contributed by atoms with Crippen LogP contribution in [0.2, 0.25) is 5.02 Å². The van der Waals surface area contributed by atoms with E-state index in [-0.39, 0.29) is 39.6 Å². The maximum atomic E-state index is 14.9. The monoisotopic (exact) mass is 698 g/mol. The standard InChI is InChI=1S/C36H35ClF4N4O4/c1-48-32-17-24(8-12-31(32)49-27-9-10-27)34(46)45(42)21-35(47,36(39,40)41)33-18-25(16-30(43-33)23-7-11-29(38)28(37)15-23)26-19-44(20-26)14-13-22-5-3-2-4-6-22/h2-8,11-12,15-18,26-27,47H,9-10,13-14,19-21,42H2,1H3. The molecule has 1 unspecified atom stereocenters. The van der Waals surface area contributed by atoms with Crippen molar-refractivity contribution < 1.29 is 36.9 Å². The van der Waals surface area contributed by atoms with Gasteiger partial charge in [-0.2, -0.15) is 13.2 Å². The van der Waals surface area contributed by atoms with Crippen molar-refractivity contribution in [2.24, 2.45) is 5.84 Å². The Bertz CT molecular complexity index is 1820. The van der Waals surface area contributed by atoms with E-state index >= 15 is 0 Å². The molecule has 0 spiro atoms. The van der Waals surface area contributed by atoms with Gasteiger partial charge in [0.2, 0.25) is 5.60 Å². The summed E-state index contributed by atoms with van der Waals surface area (Å²) < 4.78 is 69.9. The summed E-state index contributed by atoms with van der Waals surface area (Å²) in [6, 6.07) is 20.6. The van der Waals surface area contributed by atoms with Gasteiger partial charge >= 0.3 is 6.18 Å². The Morgan fingerprint density at radius 2 is 1.78 bits per heavy atom. The van der Waals surface area contributed by atoms with E-state index in [1.807, 2.05) is 30.3 Å². The fourth-order valence-corrected chi connectivity index (χ4v) is 5.94. The Morgan fingerprint density at radius 3 is 2.43 bits per heavy atom. The third-order valence-electron chi connectivity index (χ3n) is 8.83. The number of amides is 1. The number of aromatic nitrogens is 1. The number of carbonyl (C=O) groups excluding carboxylic acids is 1. The molecule has 3 N–H and O–H groups in total. The molecule has 258 valence electrons. The van der Waals surface area contributed by atoms with Crippen LogP contribution in [0.4, 0.5) is 17.6 Å². The molecule has 13 heteroatoms. The second-order valence-electron chi connectivity index (χ2n) is 12.5. The number of nitrogens with two attached hydrogens (primary N) is 1. The van der Waals surface area contributed by atoms with Crippen molar-refractivity contribution in [2.75, 3.05) is 33.3 Å². The van der Waals surface area contributed by atoms with Gasteiger partial charge < -0.3 is 19.5 Å². The fourth-order valence-electron chi connectivity index (χ4n) is 5.76. The molecule has 1 aliphatic carbocycles. The van der Waals surface area contributed by atoms with Crippen LogP contribution in [0.5, 0.6) is 11.5 Å². The zero-order valence-corrected chi connectivity index (χ0v) is 27.3. The highest BCUT2D eigenvalue weighted by Crippen LogP contribution is 2.42. The van der Waals surface area contributed by atoms with Crippen LogP contribution in [0.25, 0.3) is 11.3 Å². The van der Waals surface area contributed by atoms with Gasteiger partial charge in [0.05, 0.1) is 36.2 Å². The Morgan fingerprint density at radius 1 is 1.04 bits per heavy atom. The van der Waals surface area contributed by atoms with Gasteiger partial charge in [-0.25, -0.2) is 15.2 Å². The number of rotatable bonds is 12. The second kappa shape index (κ2) is 13.9. The summed E-state index contributed by atoms with van der Waals surface area (Å²) in [6.45, 7) is 0.516. The van der Waals surface area contributed by atoms with Crippen molar-refractivity contribution in [3.63, 3.8) is 0 Å². The van der Waals surface area contributed by atoms with Crippen molar-refractivity contribution in [2.45, 2.75) is 43.1 Å². The second-order valence-corrected chi connectivity index (χ2v) is 12.9. The summed E-state index contributed by atoms with van der Waals surface area (Å²) in [7, 11) is 1.38. The molecule has 1 atom stereocenters. The number of hydrogen-bond acceptors (Lipinski definition) is 7. The SMILES string of the molecule is COc1cc(C(=O)N(N)CC(O)(c2cc(C3CN(CCc4ccccc4)C3)cc(-c3ccc(F)c(Cl)c3)n2)C(F)(F)F)ccc1OC1CC1.